The van der Waals surface area contributed by atoms with Gasteiger partial charge in [0.05, 0.1) is 22.1 Å². The second kappa shape index (κ2) is 4.52. The fourth-order valence-electron chi connectivity index (χ4n) is 2.33. The van der Waals surface area contributed by atoms with Crippen LogP contribution in [-0.4, -0.2) is 15.5 Å². The minimum absolute atomic E-state index is 0.172. The average molecular weight is 274 g/mol. The number of carbonyl (C=O) groups excluding carboxylic acids is 1. The molecule has 0 bridgehead atoms. The summed E-state index contributed by atoms with van der Waals surface area (Å²) in [6.07, 6.45) is 0.172. The molecule has 0 unspecified atom stereocenters. The van der Waals surface area contributed by atoms with Crippen LogP contribution in [0.3, 0.4) is 0 Å². The van der Waals surface area contributed by atoms with E-state index in [0.717, 1.165) is 5.52 Å². The molecule has 5 nitrogen and oxygen atoms in total. The zero-order valence-corrected chi connectivity index (χ0v) is 11.5. The summed E-state index contributed by atoms with van der Waals surface area (Å²) in [5, 5.41) is 9.10. The highest BCUT2D eigenvalue weighted by Crippen LogP contribution is 2.27. The van der Waals surface area contributed by atoms with E-state index >= 15 is 0 Å². The number of H-pyrrole nitrogens is 1. The van der Waals surface area contributed by atoms with Gasteiger partial charge in [0.15, 0.2) is 4.77 Å². The third kappa shape index (κ3) is 2.25. The Morgan fingerprint density at radius 1 is 1.58 bits per heavy atom. The monoisotopic (exact) mass is 274 g/mol. The van der Waals surface area contributed by atoms with Gasteiger partial charge in [0.2, 0.25) is 5.91 Å². The molecule has 0 fully saturated rings. The highest BCUT2D eigenvalue weighted by atomic mass is 32.1. The first-order valence-electron chi connectivity index (χ1n) is 5.79. The van der Waals surface area contributed by atoms with Crippen molar-refractivity contribution >= 4 is 29.2 Å². The minimum Gasteiger partial charge on any atom is -0.370 e. The lowest BCUT2D eigenvalue weighted by atomic mass is 9.99. The Hall–Kier alpha value is -2.13. The molecule has 1 heterocycles. The molecule has 0 aliphatic carbocycles. The first-order chi connectivity index (χ1) is 8.86. The Balaban J connectivity index is 2.75. The molecule has 2 aromatic rings. The molecule has 0 saturated heterocycles. The van der Waals surface area contributed by atoms with Crippen molar-refractivity contribution in [3.8, 4) is 6.07 Å². The molecule has 2 rings (SSSR count). The quantitative estimate of drug-likeness (QED) is 0.841. The Bertz CT molecular complexity index is 748. The molecule has 0 aliphatic rings. The van der Waals surface area contributed by atoms with Gasteiger partial charge >= 0.3 is 0 Å². The number of para-hydroxylation sites is 1. The van der Waals surface area contributed by atoms with Crippen molar-refractivity contribution in [2.45, 2.75) is 25.8 Å². The summed E-state index contributed by atoms with van der Waals surface area (Å²) in [5.74, 6) is -0.391. The fourth-order valence-corrected chi connectivity index (χ4v) is 2.78. The average Bonchev–Trinajstić information content (AvgIpc) is 2.63. The minimum atomic E-state index is -0.546. The van der Waals surface area contributed by atoms with Gasteiger partial charge in [0.25, 0.3) is 0 Å². The van der Waals surface area contributed by atoms with Gasteiger partial charge in [-0.15, -0.1) is 0 Å². The molecule has 1 amide bonds. The van der Waals surface area contributed by atoms with Crippen LogP contribution < -0.4 is 5.73 Å². The van der Waals surface area contributed by atoms with Crippen LogP contribution in [0.5, 0.6) is 0 Å². The Morgan fingerprint density at radius 2 is 2.26 bits per heavy atom. The maximum absolute atomic E-state index is 11.2. The SMILES string of the molecule is CC(C)(CC(N)=O)n1c(=S)[nH]c2c(C#N)cccc21. The first-order valence-corrected chi connectivity index (χ1v) is 6.20. The van der Waals surface area contributed by atoms with E-state index < -0.39 is 11.4 Å². The summed E-state index contributed by atoms with van der Waals surface area (Å²) < 4.78 is 2.31. The predicted octanol–water partition coefficient (Wildman–Crippen LogP) is 2.18. The van der Waals surface area contributed by atoms with Crippen molar-refractivity contribution in [1.82, 2.24) is 9.55 Å². The number of nitriles is 1. The van der Waals surface area contributed by atoms with Crippen LogP contribution in [0, 0.1) is 16.1 Å². The summed E-state index contributed by atoms with van der Waals surface area (Å²) in [4.78, 5) is 14.2. The summed E-state index contributed by atoms with van der Waals surface area (Å²) in [6, 6.07) is 7.50. The predicted molar refractivity (Wildman–Crippen MR) is 75.0 cm³/mol. The van der Waals surface area contributed by atoms with Gasteiger partial charge in [-0.2, -0.15) is 5.26 Å². The standard InChI is InChI=1S/C13H14N4OS/c1-13(2,6-10(15)18)17-9-5-3-4-8(7-14)11(9)16-12(17)19/h3-5H,6H2,1-2H3,(H2,15,18)(H,16,19). The van der Waals surface area contributed by atoms with Gasteiger partial charge in [-0.1, -0.05) is 6.07 Å². The molecule has 0 aliphatic heterocycles. The van der Waals surface area contributed by atoms with E-state index in [2.05, 4.69) is 11.1 Å². The molecule has 98 valence electrons. The number of hydrogen-bond acceptors (Lipinski definition) is 3. The maximum Gasteiger partial charge on any atom is 0.219 e. The lowest BCUT2D eigenvalue weighted by Gasteiger charge is -2.26. The Morgan fingerprint density at radius 3 is 2.84 bits per heavy atom. The maximum atomic E-state index is 11.2. The Kier molecular flexibility index (Phi) is 3.16. The summed E-state index contributed by atoms with van der Waals surface area (Å²) in [5.41, 5.74) is 6.75. The number of carbonyl (C=O) groups is 1. The molecule has 6 heteroatoms. The number of primary amides is 1. The third-order valence-corrected chi connectivity index (χ3v) is 3.34. The fraction of sp³-hybridized carbons (Fsp3) is 0.308. The number of hydrogen-bond donors (Lipinski definition) is 2. The van der Waals surface area contributed by atoms with Crippen LogP contribution in [0.1, 0.15) is 25.8 Å². The van der Waals surface area contributed by atoms with Gasteiger partial charge in [-0.05, 0) is 38.2 Å². The number of nitrogens with zero attached hydrogens (tertiary/aromatic N) is 2. The number of aromatic amines is 1. The van der Waals surface area contributed by atoms with Crippen LogP contribution in [0.15, 0.2) is 18.2 Å². The van der Waals surface area contributed by atoms with E-state index in [1.807, 2.05) is 24.5 Å². The highest BCUT2D eigenvalue weighted by molar-refractivity contribution is 7.71. The van der Waals surface area contributed by atoms with Crippen LogP contribution in [0.25, 0.3) is 11.0 Å². The third-order valence-electron chi connectivity index (χ3n) is 3.05. The number of amides is 1. The van der Waals surface area contributed by atoms with E-state index in [0.29, 0.717) is 15.9 Å². The van der Waals surface area contributed by atoms with Crippen LogP contribution in [-0.2, 0) is 10.3 Å². The molecule has 0 atom stereocenters. The number of nitrogens with two attached hydrogens (primary N) is 1. The van der Waals surface area contributed by atoms with Gasteiger partial charge < -0.3 is 15.3 Å². The topological polar surface area (TPSA) is 87.6 Å². The van der Waals surface area contributed by atoms with Crippen molar-refractivity contribution < 1.29 is 4.79 Å². The van der Waals surface area contributed by atoms with E-state index in [1.54, 1.807) is 12.1 Å². The number of aromatic nitrogens is 2. The summed E-state index contributed by atoms with van der Waals surface area (Å²) in [7, 11) is 0. The molecule has 0 spiro atoms. The van der Waals surface area contributed by atoms with Crippen molar-refractivity contribution in [1.29, 1.82) is 5.26 Å². The number of benzene rings is 1. The van der Waals surface area contributed by atoms with E-state index in [-0.39, 0.29) is 6.42 Å². The first kappa shape index (κ1) is 13.3. The lowest BCUT2D eigenvalue weighted by Crippen LogP contribution is -2.32. The zero-order chi connectivity index (χ0) is 14.2. The number of nitrogens with one attached hydrogen (secondary N) is 1. The smallest absolute Gasteiger partial charge is 0.219 e. The number of imidazole rings is 1. The van der Waals surface area contributed by atoms with Crippen molar-refractivity contribution in [3.05, 3.63) is 28.5 Å². The summed E-state index contributed by atoms with van der Waals surface area (Å²) >= 11 is 5.31. The molecule has 3 N–H and O–H groups in total. The Labute approximate surface area is 115 Å². The molecule has 0 radical (unpaired) electrons. The number of rotatable bonds is 3. The van der Waals surface area contributed by atoms with Gasteiger partial charge in [-0.25, -0.2) is 0 Å². The highest BCUT2D eigenvalue weighted by Gasteiger charge is 2.26. The molecular weight excluding hydrogens is 260 g/mol. The van der Waals surface area contributed by atoms with Gasteiger partial charge in [0, 0.05) is 6.42 Å². The molecule has 19 heavy (non-hydrogen) atoms. The lowest BCUT2D eigenvalue weighted by molar-refractivity contribution is -0.119. The second-order valence-corrected chi connectivity index (χ2v) is 5.42. The van der Waals surface area contributed by atoms with Crippen LogP contribution >= 0.6 is 12.2 Å². The molecule has 1 aromatic carbocycles. The largest absolute Gasteiger partial charge is 0.370 e. The van der Waals surface area contributed by atoms with Gasteiger partial charge in [-0.3, -0.25) is 4.79 Å². The van der Waals surface area contributed by atoms with Gasteiger partial charge in [0.1, 0.15) is 6.07 Å². The normalized spacial score (nSPS) is 11.4. The molecule has 1 aromatic heterocycles. The molecular formula is C13H14N4OS. The second-order valence-electron chi connectivity index (χ2n) is 5.03. The van der Waals surface area contributed by atoms with Crippen molar-refractivity contribution in [2.75, 3.05) is 0 Å². The zero-order valence-electron chi connectivity index (χ0n) is 10.7. The molecule has 0 saturated carbocycles. The van der Waals surface area contributed by atoms with Crippen LogP contribution in [0.4, 0.5) is 0 Å². The van der Waals surface area contributed by atoms with E-state index in [4.69, 9.17) is 23.2 Å². The van der Waals surface area contributed by atoms with Crippen molar-refractivity contribution in [2.24, 2.45) is 5.73 Å². The van der Waals surface area contributed by atoms with E-state index in [1.165, 1.54) is 0 Å². The summed E-state index contributed by atoms with van der Waals surface area (Å²) in [6.45, 7) is 3.78. The van der Waals surface area contributed by atoms with Crippen LogP contribution in [0.2, 0.25) is 0 Å². The number of fused-ring (bicyclic) bond motifs is 1. The van der Waals surface area contributed by atoms with Crippen molar-refractivity contribution in [3.63, 3.8) is 0 Å². The van der Waals surface area contributed by atoms with E-state index in [9.17, 15) is 4.79 Å².